The second kappa shape index (κ2) is 7.86. The summed E-state index contributed by atoms with van der Waals surface area (Å²) >= 11 is 0. The number of hydrogen-bond donors (Lipinski definition) is 1. The fraction of sp³-hybridized carbons (Fsp3) is 0.300. The highest BCUT2D eigenvalue weighted by atomic mass is 19.1. The maximum absolute atomic E-state index is 13.1. The quantitative estimate of drug-likeness (QED) is 0.688. The first-order valence-electron chi connectivity index (χ1n) is 9.46. The van der Waals surface area contributed by atoms with Crippen molar-refractivity contribution in [2.75, 3.05) is 18.1 Å². The lowest BCUT2D eigenvalue weighted by Crippen LogP contribution is -2.53. The van der Waals surface area contributed by atoms with Crippen molar-refractivity contribution in [3.63, 3.8) is 0 Å². The zero-order valence-corrected chi connectivity index (χ0v) is 16.0. The number of nitrogens with zero attached hydrogens (tertiary/aromatic N) is 5. The standard InChI is InChI=1S/C20H21FN6O2/c1-2-26-19-14(13-22-27(19)15-6-4-3-5-7-15)12-17(20(26)29)23-18(28)16-8-10-25(24-16)11-9-21/h3-8,10,13,17H,2,9,11-12H2,1H3,(H,23,28). The Morgan fingerprint density at radius 3 is 2.79 bits per heavy atom. The van der Waals surface area contributed by atoms with E-state index in [0.29, 0.717) is 13.0 Å². The van der Waals surface area contributed by atoms with E-state index in [0.717, 1.165) is 17.1 Å². The predicted molar refractivity (Wildman–Crippen MR) is 105 cm³/mol. The van der Waals surface area contributed by atoms with E-state index in [-0.39, 0.29) is 18.1 Å². The molecule has 0 radical (unpaired) electrons. The molecule has 29 heavy (non-hydrogen) atoms. The third-order valence-electron chi connectivity index (χ3n) is 4.87. The van der Waals surface area contributed by atoms with Crippen molar-refractivity contribution in [2.45, 2.75) is 25.9 Å². The fourth-order valence-electron chi connectivity index (χ4n) is 3.51. The number of rotatable bonds is 6. The molecule has 8 nitrogen and oxygen atoms in total. The minimum absolute atomic E-state index is 0.0846. The second-order valence-electron chi connectivity index (χ2n) is 6.71. The van der Waals surface area contributed by atoms with Crippen LogP contribution in [0.1, 0.15) is 23.0 Å². The molecule has 0 aliphatic carbocycles. The molecule has 0 fully saturated rings. The highest BCUT2D eigenvalue weighted by Crippen LogP contribution is 2.30. The Morgan fingerprint density at radius 2 is 2.07 bits per heavy atom. The zero-order chi connectivity index (χ0) is 20.4. The van der Waals surface area contributed by atoms with E-state index < -0.39 is 18.6 Å². The van der Waals surface area contributed by atoms with Gasteiger partial charge in [0.2, 0.25) is 0 Å². The molecular formula is C20H21FN6O2. The molecular weight excluding hydrogens is 375 g/mol. The van der Waals surface area contributed by atoms with Gasteiger partial charge in [0.25, 0.3) is 11.8 Å². The van der Waals surface area contributed by atoms with Crippen LogP contribution < -0.4 is 10.2 Å². The molecule has 0 saturated heterocycles. The number of alkyl halides is 1. The summed E-state index contributed by atoms with van der Waals surface area (Å²) in [7, 11) is 0. The number of carbonyl (C=O) groups is 2. The van der Waals surface area contributed by atoms with Crippen LogP contribution in [0.4, 0.5) is 10.2 Å². The van der Waals surface area contributed by atoms with Crippen LogP contribution in [0.2, 0.25) is 0 Å². The van der Waals surface area contributed by atoms with Crippen molar-refractivity contribution in [1.29, 1.82) is 0 Å². The largest absolute Gasteiger partial charge is 0.338 e. The molecule has 0 bridgehead atoms. The third-order valence-corrected chi connectivity index (χ3v) is 4.87. The topological polar surface area (TPSA) is 85.1 Å². The first kappa shape index (κ1) is 18.9. The van der Waals surface area contributed by atoms with E-state index in [4.69, 9.17) is 0 Å². The summed E-state index contributed by atoms with van der Waals surface area (Å²) in [6.07, 6.45) is 3.61. The second-order valence-corrected chi connectivity index (χ2v) is 6.71. The first-order chi connectivity index (χ1) is 14.1. The van der Waals surface area contributed by atoms with Gasteiger partial charge in [-0.25, -0.2) is 9.07 Å². The number of likely N-dealkylation sites (N-methyl/N-ethyl adjacent to an activating group) is 1. The van der Waals surface area contributed by atoms with Gasteiger partial charge in [-0.2, -0.15) is 10.2 Å². The van der Waals surface area contributed by atoms with E-state index in [1.807, 2.05) is 37.3 Å². The molecule has 3 heterocycles. The molecule has 2 aromatic heterocycles. The Kier molecular flexibility index (Phi) is 5.11. The van der Waals surface area contributed by atoms with Crippen molar-refractivity contribution in [3.8, 4) is 5.69 Å². The number of anilines is 1. The molecule has 2 amide bonds. The highest BCUT2D eigenvalue weighted by molar-refractivity contribution is 6.03. The Morgan fingerprint density at radius 1 is 1.28 bits per heavy atom. The molecule has 1 unspecified atom stereocenters. The van der Waals surface area contributed by atoms with Crippen molar-refractivity contribution in [1.82, 2.24) is 24.9 Å². The van der Waals surface area contributed by atoms with Crippen molar-refractivity contribution in [3.05, 3.63) is 60.0 Å². The van der Waals surface area contributed by atoms with Gasteiger partial charge < -0.3 is 5.32 Å². The van der Waals surface area contributed by atoms with Crippen LogP contribution in [0.3, 0.4) is 0 Å². The number of para-hydroxylation sites is 1. The fourth-order valence-corrected chi connectivity index (χ4v) is 3.51. The molecule has 150 valence electrons. The van der Waals surface area contributed by atoms with Crippen LogP contribution >= 0.6 is 0 Å². The number of aromatic nitrogens is 4. The molecule has 1 aromatic carbocycles. The summed E-state index contributed by atoms with van der Waals surface area (Å²) in [5, 5.41) is 11.3. The number of hydrogen-bond acceptors (Lipinski definition) is 4. The number of benzene rings is 1. The molecule has 1 aliphatic rings. The first-order valence-corrected chi connectivity index (χ1v) is 9.46. The van der Waals surface area contributed by atoms with Gasteiger partial charge in [0.1, 0.15) is 24.2 Å². The van der Waals surface area contributed by atoms with Gasteiger partial charge in [-0.15, -0.1) is 0 Å². The lowest BCUT2D eigenvalue weighted by molar-refractivity contribution is -0.120. The summed E-state index contributed by atoms with van der Waals surface area (Å²) < 4.78 is 15.5. The average molecular weight is 396 g/mol. The van der Waals surface area contributed by atoms with E-state index in [1.165, 1.54) is 16.9 Å². The number of fused-ring (bicyclic) bond motifs is 1. The minimum Gasteiger partial charge on any atom is -0.338 e. The van der Waals surface area contributed by atoms with Crippen LogP contribution in [-0.4, -0.2) is 50.6 Å². The number of halogens is 1. The average Bonchev–Trinajstić information content (AvgIpc) is 3.37. The van der Waals surface area contributed by atoms with Gasteiger partial charge in [-0.1, -0.05) is 18.2 Å². The Bertz CT molecular complexity index is 1030. The number of aryl methyl sites for hydroxylation is 1. The zero-order valence-electron chi connectivity index (χ0n) is 16.0. The van der Waals surface area contributed by atoms with Crippen molar-refractivity contribution < 1.29 is 14.0 Å². The van der Waals surface area contributed by atoms with Gasteiger partial charge in [0.15, 0.2) is 0 Å². The summed E-state index contributed by atoms with van der Waals surface area (Å²) in [6.45, 7) is 1.85. The van der Waals surface area contributed by atoms with Crippen molar-refractivity contribution >= 4 is 17.6 Å². The van der Waals surface area contributed by atoms with Crippen molar-refractivity contribution in [2.24, 2.45) is 0 Å². The highest BCUT2D eigenvalue weighted by Gasteiger charge is 2.36. The SMILES string of the molecule is CCN1C(=O)C(NC(=O)c2ccn(CCF)n2)Cc2cnn(-c3ccccc3)c21. The van der Waals surface area contributed by atoms with Gasteiger partial charge in [0.05, 0.1) is 18.4 Å². The molecule has 0 saturated carbocycles. The lowest BCUT2D eigenvalue weighted by Gasteiger charge is -2.32. The molecule has 1 N–H and O–H groups in total. The number of carbonyl (C=O) groups excluding carboxylic acids is 2. The molecule has 9 heteroatoms. The smallest absolute Gasteiger partial charge is 0.272 e. The van der Waals surface area contributed by atoms with Crippen LogP contribution in [-0.2, 0) is 17.8 Å². The lowest BCUT2D eigenvalue weighted by atomic mass is 10.0. The van der Waals surface area contributed by atoms with E-state index >= 15 is 0 Å². The minimum atomic E-state index is -0.713. The van der Waals surface area contributed by atoms with E-state index in [9.17, 15) is 14.0 Å². The molecule has 1 aliphatic heterocycles. The van der Waals surface area contributed by atoms with Crippen LogP contribution in [0, 0.1) is 0 Å². The summed E-state index contributed by atoms with van der Waals surface area (Å²) in [5.74, 6) is 0.0616. The molecule has 3 aromatic rings. The maximum Gasteiger partial charge on any atom is 0.272 e. The Hall–Kier alpha value is -3.49. The van der Waals surface area contributed by atoms with Crippen LogP contribution in [0.15, 0.2) is 48.8 Å². The number of amides is 2. The maximum atomic E-state index is 13.1. The van der Waals surface area contributed by atoms with Gasteiger partial charge in [0, 0.05) is 24.7 Å². The van der Waals surface area contributed by atoms with E-state index in [1.54, 1.807) is 15.8 Å². The predicted octanol–water partition coefficient (Wildman–Crippen LogP) is 1.75. The summed E-state index contributed by atoms with van der Waals surface area (Å²) in [6, 6.07) is 10.4. The Balaban J connectivity index is 1.58. The van der Waals surface area contributed by atoms with Gasteiger partial charge >= 0.3 is 0 Å². The number of nitrogens with one attached hydrogen (secondary N) is 1. The van der Waals surface area contributed by atoms with Gasteiger partial charge in [-0.3, -0.25) is 19.2 Å². The monoisotopic (exact) mass is 396 g/mol. The normalized spacial score (nSPS) is 16.0. The molecule has 4 rings (SSSR count). The third kappa shape index (κ3) is 3.51. The van der Waals surface area contributed by atoms with Gasteiger partial charge in [-0.05, 0) is 25.1 Å². The Labute approximate surface area is 166 Å². The summed E-state index contributed by atoms with van der Waals surface area (Å²) in [4.78, 5) is 27.2. The molecule has 1 atom stereocenters. The summed E-state index contributed by atoms with van der Waals surface area (Å²) in [5.41, 5.74) is 1.89. The van der Waals surface area contributed by atoms with Crippen LogP contribution in [0.5, 0.6) is 0 Å². The van der Waals surface area contributed by atoms with Crippen LogP contribution in [0.25, 0.3) is 5.69 Å². The molecule has 0 spiro atoms. The van der Waals surface area contributed by atoms with E-state index in [2.05, 4.69) is 15.5 Å².